The lowest BCUT2D eigenvalue weighted by Crippen LogP contribution is -2.47. The number of amides is 1. The Morgan fingerprint density at radius 1 is 0.436 bits per heavy atom. The molecule has 0 rings (SSSR count). The van der Waals surface area contributed by atoms with Crippen LogP contribution in [0.4, 0.5) is 0 Å². The molecule has 464 valence electrons. The monoisotopic (exact) mass is 1120 g/mol. The standard InChI is InChI=1S/C68H135N2O7P/c1-7-10-13-16-19-22-25-27-29-30-31-32-33-34-35-36-37-38-39-40-41-43-46-49-52-55-58-61-68(72)77-66(59-56-53-50-47-44-24-21-18-15-12-9-3)65(64-76-78(73,74)75-63-62-70(4,5)6)69-67(71)60-57-54-51-48-45-42-28-26-23-20-17-14-11-8-2/h56,59,65-66H,7-55,57-58,60-64H2,1-6H3,(H-,69,71,73,74)/b59-56-. The fourth-order valence-electron chi connectivity index (χ4n) is 10.6. The first-order valence-electron chi connectivity index (χ1n) is 34.5. The lowest BCUT2D eigenvalue weighted by molar-refractivity contribution is -0.870. The molecule has 0 aliphatic carbocycles. The van der Waals surface area contributed by atoms with Crippen LogP contribution in [-0.4, -0.2) is 69.4 Å². The van der Waals surface area contributed by atoms with Gasteiger partial charge in [0, 0.05) is 12.8 Å². The van der Waals surface area contributed by atoms with E-state index in [2.05, 4.69) is 26.1 Å². The van der Waals surface area contributed by atoms with Crippen LogP contribution in [0.5, 0.6) is 0 Å². The van der Waals surface area contributed by atoms with Gasteiger partial charge in [0.1, 0.15) is 19.3 Å². The molecule has 0 aromatic heterocycles. The van der Waals surface area contributed by atoms with Crippen molar-refractivity contribution in [1.82, 2.24) is 5.32 Å². The predicted molar refractivity (Wildman–Crippen MR) is 335 cm³/mol. The van der Waals surface area contributed by atoms with E-state index in [0.29, 0.717) is 17.4 Å². The molecule has 0 aliphatic rings. The second kappa shape index (κ2) is 58.9. The van der Waals surface area contributed by atoms with E-state index in [1.807, 2.05) is 33.3 Å². The molecular formula is C68H135N2O7P. The van der Waals surface area contributed by atoms with Crippen molar-refractivity contribution >= 4 is 19.7 Å². The smallest absolute Gasteiger partial charge is 0.306 e. The molecule has 0 bridgehead atoms. The first-order valence-corrected chi connectivity index (χ1v) is 36.0. The number of nitrogens with one attached hydrogen (secondary N) is 1. The van der Waals surface area contributed by atoms with Gasteiger partial charge in [0.25, 0.3) is 7.82 Å². The van der Waals surface area contributed by atoms with Gasteiger partial charge in [0.05, 0.1) is 33.8 Å². The number of likely N-dealkylation sites (N-methyl/N-ethyl adjacent to an activating group) is 1. The van der Waals surface area contributed by atoms with E-state index in [-0.39, 0.29) is 31.5 Å². The SMILES string of the molecule is CCCCCCCCCCC/C=C\C(OC(=O)CCCCCCCCCCCCCCCCCCCCCCCCCCCCC)C(COP(=O)([O-])OCC[N+](C)(C)C)NC(=O)CCCCCCCCCCCCCCCC. The maximum atomic E-state index is 13.5. The summed E-state index contributed by atoms with van der Waals surface area (Å²) in [5.74, 6) is -0.517. The van der Waals surface area contributed by atoms with Gasteiger partial charge >= 0.3 is 5.97 Å². The Morgan fingerprint density at radius 3 is 1.05 bits per heavy atom. The Morgan fingerprint density at radius 2 is 0.731 bits per heavy atom. The summed E-state index contributed by atoms with van der Waals surface area (Å²) in [5.41, 5.74) is 0. The molecule has 0 radical (unpaired) electrons. The number of rotatable bonds is 64. The van der Waals surface area contributed by atoms with Crippen LogP contribution in [0, 0.1) is 0 Å². The highest BCUT2D eigenvalue weighted by molar-refractivity contribution is 7.45. The number of quaternary nitrogens is 1. The van der Waals surface area contributed by atoms with Crippen LogP contribution in [0.1, 0.15) is 361 Å². The van der Waals surface area contributed by atoms with Gasteiger partial charge in [-0.3, -0.25) is 14.2 Å². The lowest BCUT2D eigenvalue weighted by atomic mass is 10.0. The Hall–Kier alpha value is -1.25. The summed E-state index contributed by atoms with van der Waals surface area (Å²) < 4.78 is 30.4. The molecule has 0 aromatic carbocycles. The molecule has 0 heterocycles. The Bertz CT molecular complexity index is 1340. The number of phosphoric ester groups is 1. The van der Waals surface area contributed by atoms with Crippen molar-refractivity contribution in [3.63, 3.8) is 0 Å². The van der Waals surface area contributed by atoms with E-state index in [1.54, 1.807) is 0 Å². The number of carbonyl (C=O) groups is 2. The Labute approximate surface area is 486 Å². The van der Waals surface area contributed by atoms with Crippen molar-refractivity contribution in [2.45, 2.75) is 373 Å². The summed E-state index contributed by atoms with van der Waals surface area (Å²) in [7, 11) is 1.21. The Kier molecular flexibility index (Phi) is 58.0. The number of unbranched alkanes of at least 4 members (excludes halogenated alkanes) is 48. The predicted octanol–water partition coefficient (Wildman–Crippen LogP) is 20.9. The summed E-state index contributed by atoms with van der Waals surface area (Å²) in [5, 5.41) is 3.04. The Balaban J connectivity index is 4.90. The number of allylic oxidation sites excluding steroid dienone is 1. The normalized spacial score (nSPS) is 13.6. The highest BCUT2D eigenvalue weighted by Gasteiger charge is 2.27. The van der Waals surface area contributed by atoms with Crippen molar-refractivity contribution in [2.24, 2.45) is 0 Å². The van der Waals surface area contributed by atoms with Gasteiger partial charge < -0.3 is 28.5 Å². The molecule has 0 aliphatic heterocycles. The number of nitrogens with zero attached hydrogens (tertiary/aromatic N) is 1. The molecule has 9 nitrogen and oxygen atoms in total. The second-order valence-electron chi connectivity index (χ2n) is 25.1. The molecule has 0 fully saturated rings. The van der Waals surface area contributed by atoms with Gasteiger partial charge in [0.2, 0.25) is 5.91 Å². The van der Waals surface area contributed by atoms with Gasteiger partial charge in [-0.15, -0.1) is 0 Å². The largest absolute Gasteiger partial charge is 0.756 e. The van der Waals surface area contributed by atoms with E-state index >= 15 is 0 Å². The summed E-state index contributed by atoms with van der Waals surface area (Å²) in [6, 6.07) is -0.879. The number of hydrogen-bond donors (Lipinski definition) is 1. The quantitative estimate of drug-likeness (QED) is 0.0212. The van der Waals surface area contributed by atoms with Crippen LogP contribution in [-0.2, 0) is 27.9 Å². The van der Waals surface area contributed by atoms with Crippen molar-refractivity contribution in [3.05, 3.63) is 12.2 Å². The van der Waals surface area contributed by atoms with Gasteiger partial charge in [-0.25, -0.2) is 0 Å². The molecule has 1 amide bonds. The molecule has 0 saturated heterocycles. The number of esters is 1. The highest BCUT2D eigenvalue weighted by atomic mass is 31.2. The molecule has 3 atom stereocenters. The topological polar surface area (TPSA) is 114 Å². The van der Waals surface area contributed by atoms with E-state index in [4.69, 9.17) is 13.8 Å². The highest BCUT2D eigenvalue weighted by Crippen LogP contribution is 2.38. The first-order chi connectivity index (χ1) is 37.9. The minimum atomic E-state index is -4.69. The lowest BCUT2D eigenvalue weighted by Gasteiger charge is -2.30. The van der Waals surface area contributed by atoms with E-state index in [1.165, 1.54) is 270 Å². The zero-order chi connectivity index (χ0) is 57.2. The summed E-state index contributed by atoms with van der Waals surface area (Å²) in [6.07, 6.45) is 69.2. The average molecular weight is 1120 g/mol. The van der Waals surface area contributed by atoms with Crippen LogP contribution in [0.25, 0.3) is 0 Å². The van der Waals surface area contributed by atoms with Crippen LogP contribution in [0.15, 0.2) is 12.2 Å². The molecule has 0 saturated carbocycles. The molecule has 78 heavy (non-hydrogen) atoms. The summed E-state index contributed by atoms with van der Waals surface area (Å²) >= 11 is 0. The number of phosphoric acid groups is 1. The third-order valence-corrected chi connectivity index (χ3v) is 16.9. The van der Waals surface area contributed by atoms with Crippen molar-refractivity contribution in [2.75, 3.05) is 40.9 Å². The van der Waals surface area contributed by atoms with E-state index in [9.17, 15) is 19.0 Å². The van der Waals surface area contributed by atoms with Gasteiger partial charge in [-0.05, 0) is 31.8 Å². The minimum Gasteiger partial charge on any atom is -0.756 e. The average Bonchev–Trinajstić information content (AvgIpc) is 3.40. The zero-order valence-corrected chi connectivity index (χ0v) is 54.1. The van der Waals surface area contributed by atoms with E-state index < -0.39 is 20.0 Å². The maximum absolute atomic E-state index is 13.5. The molecular weight excluding hydrogens is 988 g/mol. The third-order valence-electron chi connectivity index (χ3n) is 16.0. The minimum absolute atomic E-state index is 0.0167. The maximum Gasteiger partial charge on any atom is 0.306 e. The zero-order valence-electron chi connectivity index (χ0n) is 53.2. The molecule has 3 unspecified atom stereocenters. The second-order valence-corrected chi connectivity index (χ2v) is 26.5. The molecule has 0 aromatic rings. The van der Waals surface area contributed by atoms with Gasteiger partial charge in [-0.2, -0.15) is 0 Å². The summed E-state index contributed by atoms with van der Waals surface area (Å²) in [6.45, 7) is 6.90. The number of ether oxygens (including phenoxy) is 1. The van der Waals surface area contributed by atoms with E-state index in [0.717, 1.165) is 57.8 Å². The fourth-order valence-corrected chi connectivity index (χ4v) is 11.4. The van der Waals surface area contributed by atoms with Crippen LogP contribution in [0.3, 0.4) is 0 Å². The van der Waals surface area contributed by atoms with Gasteiger partial charge in [-0.1, -0.05) is 329 Å². The van der Waals surface area contributed by atoms with Crippen LogP contribution in [0.2, 0.25) is 0 Å². The first kappa shape index (κ1) is 76.8. The van der Waals surface area contributed by atoms with Crippen molar-refractivity contribution < 1.29 is 37.3 Å². The molecule has 0 spiro atoms. The molecule has 10 heteroatoms. The van der Waals surface area contributed by atoms with Crippen molar-refractivity contribution in [1.29, 1.82) is 0 Å². The van der Waals surface area contributed by atoms with Gasteiger partial charge in [0.15, 0.2) is 0 Å². The number of carbonyl (C=O) groups excluding carboxylic acids is 2. The summed E-state index contributed by atoms with van der Waals surface area (Å²) in [4.78, 5) is 40.0. The van der Waals surface area contributed by atoms with Crippen molar-refractivity contribution in [3.8, 4) is 0 Å². The van der Waals surface area contributed by atoms with Crippen LogP contribution >= 0.6 is 7.82 Å². The number of hydrogen-bond acceptors (Lipinski definition) is 7. The third kappa shape index (κ3) is 59.4. The fraction of sp³-hybridized carbons (Fsp3) is 0.941. The van der Waals surface area contributed by atoms with Crippen LogP contribution < -0.4 is 10.2 Å². The molecule has 1 N–H and O–H groups in total.